The Morgan fingerprint density at radius 1 is 1.21 bits per heavy atom. The minimum atomic E-state index is -1.86. The van der Waals surface area contributed by atoms with Gasteiger partial charge in [0.15, 0.2) is 23.3 Å². The lowest BCUT2D eigenvalue weighted by Crippen LogP contribution is -2.61. The van der Waals surface area contributed by atoms with Crippen LogP contribution in [0.25, 0.3) is 28.6 Å². The van der Waals surface area contributed by atoms with Crippen LogP contribution < -0.4 is 4.74 Å². The van der Waals surface area contributed by atoms with Gasteiger partial charge in [0, 0.05) is 11.1 Å². The summed E-state index contributed by atoms with van der Waals surface area (Å²) in [6.45, 7) is 3.70. The van der Waals surface area contributed by atoms with E-state index in [4.69, 9.17) is 13.9 Å². The van der Waals surface area contributed by atoms with Gasteiger partial charge in [-0.15, -0.1) is 0 Å². The fourth-order valence-electron chi connectivity index (χ4n) is 3.33. The maximum atomic E-state index is 13.8. The van der Waals surface area contributed by atoms with Crippen molar-refractivity contribution in [1.29, 1.82) is 0 Å². The van der Waals surface area contributed by atoms with Gasteiger partial charge in [0.2, 0.25) is 12.2 Å². The van der Waals surface area contributed by atoms with Gasteiger partial charge < -0.3 is 39.4 Å². The molecule has 1 unspecified atom stereocenters. The monoisotopic (exact) mass is 525 g/mol. The van der Waals surface area contributed by atoms with Crippen LogP contribution in [-0.4, -0.2) is 67.2 Å². The first-order valence-electron chi connectivity index (χ1n) is 9.45. The lowest BCUT2D eigenvalue weighted by atomic mass is 9.99. The van der Waals surface area contributed by atoms with Crippen molar-refractivity contribution < 1.29 is 48.6 Å². The number of aliphatic hydroxyl groups is 3. The van der Waals surface area contributed by atoms with Gasteiger partial charge in [-0.3, -0.25) is 0 Å². The van der Waals surface area contributed by atoms with E-state index in [2.05, 4.69) is 27.5 Å². The molecule has 1 aliphatic rings. The number of aromatic nitrogens is 1. The van der Waals surface area contributed by atoms with Gasteiger partial charge in [0.05, 0.1) is 4.47 Å². The Labute approximate surface area is 193 Å². The zero-order valence-corrected chi connectivity index (χ0v) is 18.1. The Bertz CT molecular complexity index is 1250. The summed E-state index contributed by atoms with van der Waals surface area (Å²) in [5, 5.41) is 48.6. The summed E-state index contributed by atoms with van der Waals surface area (Å²) in [6, 6.07) is 5.05. The third-order valence-electron chi connectivity index (χ3n) is 5.07. The number of carboxylic acid groups (broad SMARTS) is 1. The highest BCUT2D eigenvalue weighted by molar-refractivity contribution is 9.10. The molecule has 1 fully saturated rings. The summed E-state index contributed by atoms with van der Waals surface area (Å²) >= 11 is 3.31. The lowest BCUT2D eigenvalue weighted by molar-refractivity contribution is -0.271. The van der Waals surface area contributed by atoms with E-state index < -0.39 is 48.2 Å². The molecule has 0 radical (unpaired) electrons. The normalized spacial score (nSPS) is 25.2. The number of phenols is 1. The maximum absolute atomic E-state index is 13.8. The molecule has 174 valence electrons. The molecule has 0 saturated carbocycles. The molecule has 0 bridgehead atoms. The molecule has 10 nitrogen and oxygen atoms in total. The van der Waals surface area contributed by atoms with Crippen molar-refractivity contribution in [2.45, 2.75) is 30.7 Å². The Morgan fingerprint density at radius 2 is 1.94 bits per heavy atom. The van der Waals surface area contributed by atoms with Crippen molar-refractivity contribution in [1.82, 2.24) is 4.98 Å². The zero-order chi connectivity index (χ0) is 24.0. The first-order valence-corrected chi connectivity index (χ1v) is 10.2. The Balaban J connectivity index is 1.74. The van der Waals surface area contributed by atoms with E-state index in [1.807, 2.05) is 0 Å². The van der Waals surface area contributed by atoms with Crippen LogP contribution in [0.4, 0.5) is 4.39 Å². The number of hydrogen-bond acceptors (Lipinski definition) is 9. The van der Waals surface area contributed by atoms with E-state index >= 15 is 0 Å². The average molecular weight is 526 g/mol. The SMILES string of the molecule is C=Cc1cc(OC2O[C@H](C(=O)O)[C@@H](O)[C@H](O)[C@H]2O)c(Br)c2nc(-c3ccc(O)c(F)c3)oc12. The first-order chi connectivity index (χ1) is 15.6. The standard InChI is InChI=1S/C21H17BrFNO9/c1-2-7-6-11(31-21-16(28)14(26)15(27)18(33-21)20(29)30)12(22)13-17(7)32-19(24-13)8-3-4-10(25)9(23)5-8/h2-6,14-16,18,21,25-28H,1H2,(H,29,30)/t14-,15-,16+,18-,21?/m0/s1. The Morgan fingerprint density at radius 3 is 2.58 bits per heavy atom. The minimum Gasteiger partial charge on any atom is -0.505 e. The molecule has 1 aliphatic heterocycles. The predicted octanol–water partition coefficient (Wildman–Crippen LogP) is 2.02. The second-order valence-electron chi connectivity index (χ2n) is 7.20. The van der Waals surface area contributed by atoms with Gasteiger partial charge in [-0.1, -0.05) is 12.7 Å². The van der Waals surface area contributed by atoms with Gasteiger partial charge in [0.1, 0.15) is 29.6 Å². The number of oxazole rings is 1. The molecule has 12 heteroatoms. The molecule has 0 amide bonds. The van der Waals surface area contributed by atoms with Gasteiger partial charge in [-0.2, -0.15) is 0 Å². The van der Waals surface area contributed by atoms with Crippen LogP contribution in [0, 0.1) is 5.82 Å². The maximum Gasteiger partial charge on any atom is 0.335 e. The summed E-state index contributed by atoms with van der Waals surface area (Å²) in [5.74, 6) is -2.88. The van der Waals surface area contributed by atoms with E-state index in [0.717, 1.165) is 12.1 Å². The molecule has 1 aromatic heterocycles. The predicted molar refractivity (Wildman–Crippen MR) is 114 cm³/mol. The molecule has 5 N–H and O–H groups in total. The van der Waals surface area contributed by atoms with E-state index in [1.54, 1.807) is 0 Å². The van der Waals surface area contributed by atoms with Crippen LogP contribution >= 0.6 is 15.9 Å². The van der Waals surface area contributed by atoms with Crippen molar-refractivity contribution >= 4 is 39.1 Å². The minimum absolute atomic E-state index is 0.0308. The number of carbonyl (C=O) groups is 1. The molecule has 4 rings (SSSR count). The van der Waals surface area contributed by atoms with Crippen LogP contribution in [0.2, 0.25) is 0 Å². The van der Waals surface area contributed by atoms with Crippen LogP contribution in [0.3, 0.4) is 0 Å². The smallest absolute Gasteiger partial charge is 0.335 e. The third-order valence-corrected chi connectivity index (χ3v) is 5.84. The van der Waals surface area contributed by atoms with E-state index in [0.29, 0.717) is 5.56 Å². The van der Waals surface area contributed by atoms with Crippen molar-refractivity contribution in [2.24, 2.45) is 0 Å². The summed E-state index contributed by atoms with van der Waals surface area (Å²) in [6.07, 6.45) is -7.53. The molecule has 0 aliphatic carbocycles. The molecular formula is C21H17BrFNO9. The van der Waals surface area contributed by atoms with Crippen molar-refractivity contribution in [2.75, 3.05) is 0 Å². The van der Waals surface area contributed by atoms with Crippen molar-refractivity contribution in [3.05, 3.63) is 46.7 Å². The molecule has 0 spiro atoms. The molecule has 2 heterocycles. The highest BCUT2D eigenvalue weighted by Gasteiger charge is 2.48. The number of phenolic OH excluding ortho intramolecular Hbond substituents is 1. The molecule has 5 atom stereocenters. The molecular weight excluding hydrogens is 509 g/mol. The number of halogens is 2. The number of carboxylic acids is 1. The molecule has 3 aromatic rings. The summed E-state index contributed by atoms with van der Waals surface area (Å²) in [5.41, 5.74) is 1.13. The number of ether oxygens (including phenoxy) is 2. The molecule has 1 saturated heterocycles. The number of nitrogens with zero attached hydrogens (tertiary/aromatic N) is 1. The largest absolute Gasteiger partial charge is 0.505 e. The molecule has 2 aromatic carbocycles. The number of aromatic hydroxyl groups is 1. The average Bonchev–Trinajstić information content (AvgIpc) is 3.23. The highest BCUT2D eigenvalue weighted by Crippen LogP contribution is 2.40. The summed E-state index contributed by atoms with van der Waals surface area (Å²) in [7, 11) is 0. The van der Waals surface area contributed by atoms with E-state index in [-0.39, 0.29) is 32.8 Å². The Hall–Kier alpha value is -3.03. The Kier molecular flexibility index (Phi) is 6.12. The number of benzene rings is 2. The highest BCUT2D eigenvalue weighted by atomic mass is 79.9. The topological polar surface area (TPSA) is 163 Å². The number of hydrogen-bond donors (Lipinski definition) is 5. The van der Waals surface area contributed by atoms with Gasteiger partial charge in [-0.25, -0.2) is 14.2 Å². The lowest BCUT2D eigenvalue weighted by Gasteiger charge is -2.38. The number of fused-ring (bicyclic) bond motifs is 1. The van der Waals surface area contributed by atoms with Gasteiger partial charge in [0.25, 0.3) is 0 Å². The first kappa shape index (κ1) is 23.1. The van der Waals surface area contributed by atoms with E-state index in [1.165, 1.54) is 18.2 Å². The van der Waals surface area contributed by atoms with Crippen molar-refractivity contribution in [3.63, 3.8) is 0 Å². The summed E-state index contributed by atoms with van der Waals surface area (Å²) < 4.78 is 30.5. The fraction of sp³-hybridized carbons (Fsp3) is 0.238. The third kappa shape index (κ3) is 4.07. The second kappa shape index (κ2) is 8.72. The summed E-state index contributed by atoms with van der Waals surface area (Å²) in [4.78, 5) is 15.6. The zero-order valence-electron chi connectivity index (χ0n) is 16.6. The van der Waals surface area contributed by atoms with Crippen molar-refractivity contribution in [3.8, 4) is 23.0 Å². The number of rotatable bonds is 5. The van der Waals surface area contributed by atoms with Crippen LogP contribution in [0.15, 0.2) is 39.7 Å². The second-order valence-corrected chi connectivity index (χ2v) is 7.99. The van der Waals surface area contributed by atoms with E-state index in [9.17, 15) is 34.7 Å². The van der Waals surface area contributed by atoms with Crippen LogP contribution in [0.1, 0.15) is 5.56 Å². The number of aliphatic carboxylic acids is 1. The van der Waals surface area contributed by atoms with Crippen LogP contribution in [0.5, 0.6) is 11.5 Å². The van der Waals surface area contributed by atoms with Gasteiger partial charge >= 0.3 is 5.97 Å². The quantitative estimate of drug-likeness (QED) is 0.333. The van der Waals surface area contributed by atoms with Crippen LogP contribution in [-0.2, 0) is 9.53 Å². The number of aliphatic hydroxyl groups excluding tert-OH is 3. The molecule has 33 heavy (non-hydrogen) atoms. The van der Waals surface area contributed by atoms with Gasteiger partial charge in [-0.05, 0) is 40.2 Å². The fourth-order valence-corrected chi connectivity index (χ4v) is 3.80.